The smallest absolute Gasteiger partial charge is 0.264 e. The minimum atomic E-state index is -0.178. The third kappa shape index (κ3) is 2.82. The molecule has 0 spiro atoms. The number of carbonyl (C=O) groups is 1. The first kappa shape index (κ1) is 16.9. The molecule has 1 aliphatic heterocycles. The molecule has 134 valence electrons. The van der Waals surface area contributed by atoms with Crippen LogP contribution in [0.1, 0.15) is 51.9 Å². The van der Waals surface area contributed by atoms with Gasteiger partial charge in [-0.2, -0.15) is 0 Å². The minimum Gasteiger partial charge on any atom is -0.331 e. The number of amides is 1. The van der Waals surface area contributed by atoms with Crippen LogP contribution in [-0.2, 0) is 0 Å². The van der Waals surface area contributed by atoms with Crippen LogP contribution in [0.4, 0.5) is 0 Å². The Bertz CT molecular complexity index is 1030. The lowest BCUT2D eigenvalue weighted by atomic mass is 9.96. The van der Waals surface area contributed by atoms with Gasteiger partial charge in [0, 0.05) is 18.9 Å². The number of hydrogen-bond donors (Lipinski definition) is 1. The molecule has 1 N–H and O–H groups in total. The van der Waals surface area contributed by atoms with Gasteiger partial charge < -0.3 is 9.88 Å². The Labute approximate surface area is 154 Å². The fourth-order valence-electron chi connectivity index (χ4n) is 3.68. The number of likely N-dealkylation sites (tertiary alicyclic amines) is 1. The van der Waals surface area contributed by atoms with E-state index in [4.69, 9.17) is 0 Å². The van der Waals surface area contributed by atoms with Gasteiger partial charge >= 0.3 is 0 Å². The molecule has 0 bridgehead atoms. The van der Waals surface area contributed by atoms with E-state index in [-0.39, 0.29) is 17.5 Å². The van der Waals surface area contributed by atoms with E-state index < -0.39 is 0 Å². The third-order valence-electron chi connectivity index (χ3n) is 4.95. The molecule has 3 aromatic rings. The molecule has 6 nitrogen and oxygen atoms in total. The highest BCUT2D eigenvalue weighted by Gasteiger charge is 2.31. The van der Waals surface area contributed by atoms with Crippen molar-refractivity contribution in [1.82, 2.24) is 19.9 Å². The van der Waals surface area contributed by atoms with Gasteiger partial charge in [-0.05, 0) is 50.3 Å². The molecular weight excluding hydrogens is 348 g/mol. The third-order valence-corrected chi connectivity index (χ3v) is 6.12. The van der Waals surface area contributed by atoms with E-state index in [0.717, 1.165) is 36.9 Å². The van der Waals surface area contributed by atoms with Crippen molar-refractivity contribution in [2.75, 3.05) is 6.54 Å². The molecule has 26 heavy (non-hydrogen) atoms. The predicted octanol–water partition coefficient (Wildman–Crippen LogP) is 3.36. The number of nitrogens with one attached hydrogen (secondary N) is 1. The molecule has 0 aliphatic carbocycles. The fourth-order valence-corrected chi connectivity index (χ4v) is 4.86. The summed E-state index contributed by atoms with van der Waals surface area (Å²) in [5.74, 6) is 0.546. The normalized spacial score (nSPS) is 17.6. The molecule has 4 heterocycles. The zero-order chi connectivity index (χ0) is 18.3. The molecule has 1 fully saturated rings. The summed E-state index contributed by atoms with van der Waals surface area (Å²) >= 11 is 1.31. The Kier molecular flexibility index (Phi) is 4.32. The summed E-state index contributed by atoms with van der Waals surface area (Å²) in [7, 11) is 0. The van der Waals surface area contributed by atoms with Gasteiger partial charge in [0.15, 0.2) is 0 Å². The first-order valence-electron chi connectivity index (χ1n) is 8.77. The molecule has 0 saturated carbocycles. The van der Waals surface area contributed by atoms with E-state index in [2.05, 4.69) is 15.0 Å². The Hall–Kier alpha value is -2.54. The standard InChI is InChI=1S/C19H20N4O2S/c1-11-15-17(24)21-12(2)22-18(15)26-16(11)19(25)23-9-4-3-7-14(23)13-6-5-8-20-10-13/h5-6,8,10,14H,3-4,7,9H2,1-2H3,(H,21,22,24)/t14-/m0/s1. The molecule has 7 heteroatoms. The van der Waals surface area contributed by atoms with E-state index in [9.17, 15) is 9.59 Å². The second kappa shape index (κ2) is 6.64. The average Bonchev–Trinajstić information content (AvgIpc) is 2.98. The van der Waals surface area contributed by atoms with Crippen molar-refractivity contribution in [3.8, 4) is 0 Å². The largest absolute Gasteiger partial charge is 0.331 e. The first-order chi connectivity index (χ1) is 12.6. The van der Waals surface area contributed by atoms with Crippen LogP contribution >= 0.6 is 11.3 Å². The summed E-state index contributed by atoms with van der Waals surface area (Å²) in [6.07, 6.45) is 6.59. The van der Waals surface area contributed by atoms with Gasteiger partial charge in [0.1, 0.15) is 10.7 Å². The first-order valence-corrected chi connectivity index (χ1v) is 9.59. The van der Waals surface area contributed by atoms with Crippen LogP contribution in [0.25, 0.3) is 10.2 Å². The lowest BCUT2D eigenvalue weighted by Gasteiger charge is -2.35. The summed E-state index contributed by atoms with van der Waals surface area (Å²) in [5.41, 5.74) is 1.60. The number of piperidine rings is 1. The SMILES string of the molecule is Cc1nc2sc(C(=O)N3CCCC[C@H]3c3cccnc3)c(C)c2c(=O)[nH]1. The van der Waals surface area contributed by atoms with Crippen LogP contribution in [0.3, 0.4) is 0 Å². The van der Waals surface area contributed by atoms with Crippen molar-refractivity contribution in [2.24, 2.45) is 0 Å². The minimum absolute atomic E-state index is 0.0175. The van der Waals surface area contributed by atoms with Crippen molar-refractivity contribution in [3.63, 3.8) is 0 Å². The van der Waals surface area contributed by atoms with Gasteiger partial charge in [-0.15, -0.1) is 11.3 Å². The number of fused-ring (bicyclic) bond motifs is 1. The molecule has 1 saturated heterocycles. The second-order valence-electron chi connectivity index (χ2n) is 6.68. The molecule has 3 aromatic heterocycles. The summed E-state index contributed by atoms with van der Waals surface area (Å²) in [5, 5.41) is 0.527. The number of aromatic amines is 1. The average molecular weight is 368 g/mol. The lowest BCUT2D eigenvalue weighted by molar-refractivity contribution is 0.0615. The number of H-pyrrole nitrogens is 1. The van der Waals surface area contributed by atoms with Crippen LogP contribution in [0.2, 0.25) is 0 Å². The van der Waals surface area contributed by atoms with Gasteiger partial charge in [0.2, 0.25) is 0 Å². The van der Waals surface area contributed by atoms with Crippen LogP contribution < -0.4 is 5.56 Å². The molecule has 0 aromatic carbocycles. The van der Waals surface area contributed by atoms with Gasteiger partial charge in [0.05, 0.1) is 16.3 Å². The van der Waals surface area contributed by atoms with Crippen molar-refractivity contribution >= 4 is 27.5 Å². The van der Waals surface area contributed by atoms with E-state index in [1.807, 2.05) is 30.2 Å². The summed E-state index contributed by atoms with van der Waals surface area (Å²) in [6.45, 7) is 4.30. The van der Waals surface area contributed by atoms with E-state index >= 15 is 0 Å². The maximum atomic E-state index is 13.3. The van der Waals surface area contributed by atoms with E-state index in [1.54, 1.807) is 13.1 Å². The number of hydrogen-bond acceptors (Lipinski definition) is 5. The Morgan fingerprint density at radius 1 is 1.35 bits per heavy atom. The number of aromatic nitrogens is 3. The van der Waals surface area contributed by atoms with E-state index in [0.29, 0.717) is 20.9 Å². The number of thiophene rings is 1. The molecule has 0 unspecified atom stereocenters. The number of aryl methyl sites for hydroxylation is 2. The Morgan fingerprint density at radius 2 is 2.19 bits per heavy atom. The maximum Gasteiger partial charge on any atom is 0.264 e. The van der Waals surface area contributed by atoms with Gasteiger partial charge in [-0.25, -0.2) is 4.98 Å². The summed E-state index contributed by atoms with van der Waals surface area (Å²) in [4.78, 5) is 40.2. The zero-order valence-corrected chi connectivity index (χ0v) is 15.6. The van der Waals surface area contributed by atoms with Crippen molar-refractivity contribution in [1.29, 1.82) is 0 Å². The van der Waals surface area contributed by atoms with Gasteiger partial charge in [0.25, 0.3) is 11.5 Å². The fraction of sp³-hybridized carbons (Fsp3) is 0.368. The molecule has 4 rings (SSSR count). The predicted molar refractivity (Wildman–Crippen MR) is 102 cm³/mol. The van der Waals surface area contributed by atoms with Crippen LogP contribution in [-0.4, -0.2) is 32.3 Å². The molecule has 1 aliphatic rings. The Balaban J connectivity index is 1.77. The lowest BCUT2D eigenvalue weighted by Crippen LogP contribution is -2.38. The number of rotatable bonds is 2. The Morgan fingerprint density at radius 3 is 2.96 bits per heavy atom. The quantitative estimate of drug-likeness (QED) is 0.752. The number of pyridine rings is 1. The highest BCUT2D eigenvalue weighted by molar-refractivity contribution is 7.20. The monoisotopic (exact) mass is 368 g/mol. The second-order valence-corrected chi connectivity index (χ2v) is 7.68. The van der Waals surface area contributed by atoms with E-state index in [1.165, 1.54) is 11.3 Å². The molecule has 0 radical (unpaired) electrons. The van der Waals surface area contributed by atoms with Gasteiger partial charge in [-0.3, -0.25) is 14.6 Å². The van der Waals surface area contributed by atoms with Crippen LogP contribution in [0.5, 0.6) is 0 Å². The summed E-state index contributed by atoms with van der Waals surface area (Å²) in [6, 6.07) is 3.96. The summed E-state index contributed by atoms with van der Waals surface area (Å²) < 4.78 is 0. The van der Waals surface area contributed by atoms with Crippen molar-refractivity contribution < 1.29 is 4.79 Å². The number of carbonyl (C=O) groups excluding carboxylic acids is 1. The molecule has 1 atom stereocenters. The highest BCUT2D eigenvalue weighted by Crippen LogP contribution is 2.35. The van der Waals surface area contributed by atoms with Crippen LogP contribution in [0.15, 0.2) is 29.3 Å². The van der Waals surface area contributed by atoms with Gasteiger partial charge in [-0.1, -0.05) is 6.07 Å². The molecule has 1 amide bonds. The topological polar surface area (TPSA) is 79.0 Å². The van der Waals surface area contributed by atoms with Crippen molar-refractivity contribution in [2.45, 2.75) is 39.2 Å². The molecular formula is C19H20N4O2S. The van der Waals surface area contributed by atoms with Crippen molar-refractivity contribution in [3.05, 3.63) is 56.7 Å². The van der Waals surface area contributed by atoms with Crippen LogP contribution in [0, 0.1) is 13.8 Å². The maximum absolute atomic E-state index is 13.3. The zero-order valence-electron chi connectivity index (χ0n) is 14.8. The number of nitrogens with zero attached hydrogens (tertiary/aromatic N) is 3. The highest BCUT2D eigenvalue weighted by atomic mass is 32.1.